The van der Waals surface area contributed by atoms with Gasteiger partial charge in [0.2, 0.25) is 0 Å². The second-order valence-electron chi connectivity index (χ2n) is 14.6. The number of carbonyl (C=O) groups is 6. The van der Waals surface area contributed by atoms with E-state index in [2.05, 4.69) is 13.2 Å². The molecular weight excluding hydrogens is 817 g/mol. The molecule has 0 fully saturated rings. The zero-order chi connectivity index (χ0) is 45.7. The van der Waals surface area contributed by atoms with Crippen LogP contribution >= 0.6 is 0 Å². The van der Waals surface area contributed by atoms with Gasteiger partial charge in [0, 0.05) is 25.3 Å². The predicted molar refractivity (Wildman–Crippen MR) is 239 cm³/mol. The summed E-state index contributed by atoms with van der Waals surface area (Å²) in [6, 6.07) is 31.6. The first-order valence-corrected chi connectivity index (χ1v) is 20.9. The van der Waals surface area contributed by atoms with Crippen molar-refractivity contribution in [2.24, 2.45) is 0 Å². The Morgan fingerprint density at radius 3 is 1.52 bits per heavy atom. The molecule has 330 valence electrons. The van der Waals surface area contributed by atoms with Crippen molar-refractivity contribution in [3.8, 4) is 28.7 Å². The molecule has 0 aromatic heterocycles. The van der Waals surface area contributed by atoms with E-state index in [-0.39, 0.29) is 59.2 Å². The molecule has 0 aliphatic rings. The first-order chi connectivity index (χ1) is 31.0. The van der Waals surface area contributed by atoms with E-state index in [9.17, 15) is 28.8 Å². The summed E-state index contributed by atoms with van der Waals surface area (Å²) in [5.41, 5.74) is 3.77. The molecule has 0 radical (unpaired) electrons. The van der Waals surface area contributed by atoms with Gasteiger partial charge in [-0.2, -0.15) is 0 Å². The van der Waals surface area contributed by atoms with Crippen molar-refractivity contribution in [2.75, 3.05) is 13.2 Å². The van der Waals surface area contributed by atoms with Crippen LogP contribution in [0.4, 0.5) is 0 Å². The summed E-state index contributed by atoms with van der Waals surface area (Å²) in [6.07, 6.45) is 7.54. The summed E-state index contributed by atoms with van der Waals surface area (Å²) < 4.78 is 32.8. The molecule has 64 heavy (non-hydrogen) atoms. The molecule has 0 aliphatic carbocycles. The van der Waals surface area contributed by atoms with E-state index in [1.807, 2.05) is 48.5 Å². The maximum Gasteiger partial charge on any atom is 0.343 e. The third-order valence-electron chi connectivity index (χ3n) is 9.71. The Morgan fingerprint density at radius 2 is 0.984 bits per heavy atom. The Labute approximate surface area is 372 Å². The van der Waals surface area contributed by atoms with E-state index in [1.54, 1.807) is 13.0 Å². The Kier molecular flexibility index (Phi) is 18.3. The van der Waals surface area contributed by atoms with Crippen molar-refractivity contribution >= 4 is 35.6 Å². The van der Waals surface area contributed by atoms with Crippen molar-refractivity contribution < 1.29 is 57.2 Å². The number of ether oxygens (including phenoxy) is 6. The molecule has 0 saturated carbocycles. The number of aryl methyl sites for hydroxylation is 3. The molecule has 0 saturated heterocycles. The van der Waals surface area contributed by atoms with Gasteiger partial charge < -0.3 is 28.4 Å². The van der Waals surface area contributed by atoms with Crippen molar-refractivity contribution in [3.05, 3.63) is 174 Å². The number of unbranched alkanes of at least 4 members (excludes halogenated alkanes) is 3. The Bertz CT molecular complexity index is 2400. The monoisotopic (exact) mass is 866 g/mol. The van der Waals surface area contributed by atoms with Gasteiger partial charge in [-0.1, -0.05) is 49.6 Å². The highest BCUT2D eigenvalue weighted by Crippen LogP contribution is 2.26. The summed E-state index contributed by atoms with van der Waals surface area (Å²) >= 11 is 0. The molecule has 0 unspecified atom stereocenters. The van der Waals surface area contributed by atoms with Gasteiger partial charge in [0.25, 0.3) is 0 Å². The lowest BCUT2D eigenvalue weighted by atomic mass is 10.0. The van der Waals surface area contributed by atoms with Gasteiger partial charge in [-0.15, -0.1) is 0 Å². The summed E-state index contributed by atoms with van der Waals surface area (Å²) in [4.78, 5) is 73.4. The van der Waals surface area contributed by atoms with E-state index in [1.165, 1.54) is 66.7 Å². The van der Waals surface area contributed by atoms with Crippen molar-refractivity contribution in [3.63, 3.8) is 0 Å². The fraction of sp³-hybridized carbons (Fsp3) is 0.231. The molecule has 0 atom stereocenters. The lowest BCUT2D eigenvalue weighted by Crippen LogP contribution is -2.12. The van der Waals surface area contributed by atoms with Crippen LogP contribution in [0.25, 0.3) is 0 Å². The number of esters is 5. The third kappa shape index (κ3) is 16.0. The van der Waals surface area contributed by atoms with Crippen LogP contribution in [0.2, 0.25) is 0 Å². The average Bonchev–Trinajstić information content (AvgIpc) is 3.30. The Balaban J connectivity index is 0.986. The third-order valence-corrected chi connectivity index (χ3v) is 9.71. The van der Waals surface area contributed by atoms with Crippen LogP contribution in [0.1, 0.15) is 81.5 Å². The average molecular weight is 867 g/mol. The molecule has 12 nitrogen and oxygen atoms in total. The zero-order valence-corrected chi connectivity index (χ0v) is 35.7. The second-order valence-corrected chi connectivity index (χ2v) is 14.6. The molecule has 0 heterocycles. The van der Waals surface area contributed by atoms with Crippen LogP contribution in [-0.2, 0) is 43.2 Å². The van der Waals surface area contributed by atoms with E-state index in [4.69, 9.17) is 28.4 Å². The summed E-state index contributed by atoms with van der Waals surface area (Å²) in [6.45, 7) is 9.52. The standard InChI is InChI=1S/C52H50O12/c1-4-42(53)35-39-12-10-37(11-13-39)16-30-49(55)61-44-24-18-40(19-25-44)51(57)63-46-28-29-47(36(3)34-46)64-52(58)41-20-26-45(27-21-41)62-50(56)31-17-38-14-22-43(23-15-38)59-32-8-6-7-9-33-60-48(54)5-2/h4-5,10-15,18-29,34H,1-2,6-9,16-17,30-33,35H2,3H3. The number of hydrogen-bond acceptors (Lipinski definition) is 12. The minimum atomic E-state index is -0.636. The fourth-order valence-electron chi connectivity index (χ4n) is 6.13. The minimum absolute atomic E-state index is 0.0625. The molecule has 5 rings (SSSR count). The highest BCUT2D eigenvalue weighted by molar-refractivity contribution is 5.92. The van der Waals surface area contributed by atoms with Crippen LogP contribution < -0.4 is 23.7 Å². The van der Waals surface area contributed by atoms with Gasteiger partial charge in [0.05, 0.1) is 24.3 Å². The number of hydrogen-bond donors (Lipinski definition) is 0. The second kappa shape index (κ2) is 24.7. The number of allylic oxidation sites excluding steroid dienone is 1. The van der Waals surface area contributed by atoms with Crippen molar-refractivity contribution in [1.82, 2.24) is 0 Å². The van der Waals surface area contributed by atoms with E-state index >= 15 is 0 Å². The topological polar surface area (TPSA) is 158 Å². The van der Waals surface area contributed by atoms with Crippen molar-refractivity contribution in [2.45, 2.75) is 64.7 Å². The SMILES string of the molecule is C=CC(=O)Cc1ccc(CCC(=O)Oc2ccc(C(=O)Oc3ccc(OC(=O)c4ccc(OC(=O)CCc5ccc(OCCCCCCOC(=O)C=C)cc5)cc4)c(C)c3)cc2)cc1. The highest BCUT2D eigenvalue weighted by atomic mass is 16.6. The van der Waals surface area contributed by atoms with Gasteiger partial charge in [-0.3, -0.25) is 14.4 Å². The summed E-state index contributed by atoms with van der Waals surface area (Å²) in [7, 11) is 0. The Hall–Kier alpha value is -7.60. The van der Waals surface area contributed by atoms with E-state index in [0.29, 0.717) is 31.6 Å². The number of benzene rings is 5. The highest BCUT2D eigenvalue weighted by Gasteiger charge is 2.15. The fourth-order valence-corrected chi connectivity index (χ4v) is 6.13. The Morgan fingerprint density at radius 1 is 0.500 bits per heavy atom. The minimum Gasteiger partial charge on any atom is -0.494 e. The molecule has 5 aromatic carbocycles. The van der Waals surface area contributed by atoms with E-state index in [0.717, 1.165) is 54.2 Å². The van der Waals surface area contributed by atoms with E-state index < -0.39 is 29.8 Å². The van der Waals surface area contributed by atoms with Crippen LogP contribution in [0.15, 0.2) is 141 Å². The van der Waals surface area contributed by atoms with Crippen LogP contribution in [-0.4, -0.2) is 48.8 Å². The molecule has 0 aliphatic heterocycles. The van der Waals surface area contributed by atoms with Crippen molar-refractivity contribution in [1.29, 1.82) is 0 Å². The maximum atomic E-state index is 12.9. The normalized spacial score (nSPS) is 10.5. The largest absolute Gasteiger partial charge is 0.494 e. The molecule has 0 amide bonds. The smallest absolute Gasteiger partial charge is 0.343 e. The predicted octanol–water partition coefficient (Wildman–Crippen LogP) is 9.48. The molecule has 5 aromatic rings. The number of rotatable bonds is 24. The lowest BCUT2D eigenvalue weighted by Gasteiger charge is -2.11. The van der Waals surface area contributed by atoms with Crippen LogP contribution in [0.3, 0.4) is 0 Å². The molecule has 12 heteroatoms. The first-order valence-electron chi connectivity index (χ1n) is 20.9. The van der Waals surface area contributed by atoms with Gasteiger partial charge in [0.15, 0.2) is 5.78 Å². The quantitative estimate of drug-likeness (QED) is 0.0251. The first kappa shape index (κ1) is 47.4. The lowest BCUT2D eigenvalue weighted by molar-refractivity contribution is -0.138. The van der Waals surface area contributed by atoms with Crippen LogP contribution in [0, 0.1) is 6.92 Å². The van der Waals surface area contributed by atoms with Crippen LogP contribution in [0.5, 0.6) is 28.7 Å². The zero-order valence-electron chi connectivity index (χ0n) is 35.7. The molecule has 0 bridgehead atoms. The van der Waals surface area contributed by atoms with Gasteiger partial charge in [-0.05, 0) is 153 Å². The van der Waals surface area contributed by atoms with Gasteiger partial charge >= 0.3 is 29.8 Å². The molecule has 0 spiro atoms. The maximum absolute atomic E-state index is 12.9. The number of ketones is 1. The number of carbonyl (C=O) groups excluding carboxylic acids is 6. The summed E-state index contributed by atoms with van der Waals surface area (Å²) in [5.74, 6) is -0.778. The van der Waals surface area contributed by atoms with Gasteiger partial charge in [0.1, 0.15) is 28.7 Å². The molecular formula is C52H50O12. The molecule has 0 N–H and O–H groups in total. The van der Waals surface area contributed by atoms with Gasteiger partial charge in [-0.25, -0.2) is 14.4 Å². The summed E-state index contributed by atoms with van der Waals surface area (Å²) in [5, 5.41) is 0.